The monoisotopic (exact) mass is 882 g/mol. The van der Waals surface area contributed by atoms with Gasteiger partial charge in [0.1, 0.15) is 42.5 Å². The maximum atomic E-state index is 15.3. The van der Waals surface area contributed by atoms with E-state index in [0.29, 0.717) is 23.3 Å². The summed E-state index contributed by atoms with van der Waals surface area (Å²) in [5.41, 5.74) is -3.61. The van der Waals surface area contributed by atoms with Gasteiger partial charge in [0.05, 0.1) is 11.6 Å². The number of halogens is 3. The lowest BCUT2D eigenvalue weighted by molar-refractivity contribution is -0.275. The number of ether oxygens (including phenoxy) is 3. The fourth-order valence-corrected chi connectivity index (χ4v) is 9.29. The fraction of sp³-hybridized carbons (Fsp3) is 0.340. The predicted molar refractivity (Wildman–Crippen MR) is 224 cm³/mol. The van der Waals surface area contributed by atoms with Crippen LogP contribution in [0.1, 0.15) is 75.4 Å². The van der Waals surface area contributed by atoms with Gasteiger partial charge in [-0.25, -0.2) is 9.69 Å². The molecule has 3 aliphatic carbocycles. The zero-order chi connectivity index (χ0) is 45.5. The first-order chi connectivity index (χ1) is 30.7. The van der Waals surface area contributed by atoms with Crippen LogP contribution in [-0.2, 0) is 24.4 Å². The molecule has 3 amide bonds. The summed E-state index contributed by atoms with van der Waals surface area (Å²) in [5, 5.41) is 29.4. The van der Waals surface area contributed by atoms with Crippen LogP contribution in [0.4, 0.5) is 23.7 Å². The van der Waals surface area contributed by atoms with E-state index in [4.69, 9.17) is 14.0 Å². The van der Waals surface area contributed by atoms with Crippen molar-refractivity contribution in [2.24, 2.45) is 11.8 Å². The van der Waals surface area contributed by atoms with Gasteiger partial charge in [-0.05, 0) is 41.5 Å². The Balaban J connectivity index is 1.31. The molecule has 0 radical (unpaired) electrons. The van der Waals surface area contributed by atoms with Crippen molar-refractivity contribution in [1.29, 1.82) is 0 Å². The van der Waals surface area contributed by atoms with Gasteiger partial charge in [0.15, 0.2) is 22.9 Å². The average Bonchev–Trinajstić information content (AvgIpc) is 3.82. The lowest BCUT2D eigenvalue weighted by Crippen LogP contribution is -2.60. The number of carbonyl (C=O) groups is 4. The average molecular weight is 883 g/mol. The highest BCUT2D eigenvalue weighted by atomic mass is 19.4. The molecule has 17 heteroatoms. The number of ketones is 2. The largest absolute Gasteiger partial charge is 0.573 e. The zero-order valence-corrected chi connectivity index (χ0v) is 34.8. The second kappa shape index (κ2) is 17.4. The minimum absolute atomic E-state index is 0.000449. The Bertz CT molecular complexity index is 2530. The van der Waals surface area contributed by atoms with Gasteiger partial charge in [-0.2, -0.15) is 0 Å². The summed E-state index contributed by atoms with van der Waals surface area (Å²) in [6.45, 7) is 9.36. The first-order valence-corrected chi connectivity index (χ1v) is 20.8. The number of allylic oxidation sites excluding steroid dienone is 1. The molecule has 1 saturated heterocycles. The summed E-state index contributed by atoms with van der Waals surface area (Å²) in [5.74, 6) is -7.99. The summed E-state index contributed by atoms with van der Waals surface area (Å²) in [6.07, 6.45) is -1.60. The van der Waals surface area contributed by atoms with Crippen LogP contribution in [0, 0.1) is 11.8 Å². The number of fused-ring (bicyclic) bond motifs is 4. The molecule has 0 unspecified atom stereocenters. The van der Waals surface area contributed by atoms with E-state index in [2.05, 4.69) is 23.1 Å². The normalized spacial score (nSPS) is 21.7. The molecule has 4 atom stereocenters. The Hall–Kier alpha value is -6.72. The van der Waals surface area contributed by atoms with Crippen molar-refractivity contribution in [1.82, 2.24) is 15.0 Å². The van der Waals surface area contributed by atoms with Crippen molar-refractivity contribution in [3.8, 4) is 17.4 Å². The zero-order valence-electron chi connectivity index (χ0n) is 34.8. The van der Waals surface area contributed by atoms with Crippen LogP contribution in [0.2, 0.25) is 0 Å². The minimum Gasteiger partial charge on any atom is -0.508 e. The highest BCUT2D eigenvalue weighted by molar-refractivity contribution is 6.23. The Morgan fingerprint density at radius 1 is 0.969 bits per heavy atom. The van der Waals surface area contributed by atoms with Crippen LogP contribution in [-0.4, -0.2) is 86.8 Å². The fourth-order valence-electron chi connectivity index (χ4n) is 9.29. The third kappa shape index (κ3) is 7.72. The van der Waals surface area contributed by atoms with Gasteiger partial charge in [0.25, 0.3) is 11.8 Å². The Kier molecular flexibility index (Phi) is 12.0. The standard InChI is InChI=1S/C47H45F3N4O10/c1-4-7-20-53-24-34(55)54(45(53)59)32-23-33(63-47(48,49)50)30-21-29-22-31-38(52(18-5-2)19-6-3)41-37(44(51-64-41)62-26-28-16-12-9-13-17-28)43(58)46(31,60)42(57)35(29)39(56)36(30)40(32)61-25-27-14-10-8-11-15-27/h5-6,8-17,23,29,31,38,57,60H,2-4,7,18-22,24-26H2,1H3/t29-,31-,38-,46-/m0/s1. The number of Topliss-reactive ketones (excluding diaryl/α,β-unsaturated/α-hetero) is 2. The third-order valence-electron chi connectivity index (χ3n) is 12.1. The summed E-state index contributed by atoms with van der Waals surface area (Å²) >= 11 is 0. The van der Waals surface area contributed by atoms with Crippen LogP contribution in [0.25, 0.3) is 0 Å². The number of amides is 3. The van der Waals surface area contributed by atoms with Gasteiger partial charge in [0, 0.05) is 42.8 Å². The van der Waals surface area contributed by atoms with Crippen LogP contribution in [0.15, 0.2) is 108 Å². The van der Waals surface area contributed by atoms with Crippen LogP contribution >= 0.6 is 0 Å². The summed E-state index contributed by atoms with van der Waals surface area (Å²) < 4.78 is 65.8. The van der Waals surface area contributed by atoms with E-state index < -0.39 is 93.8 Å². The summed E-state index contributed by atoms with van der Waals surface area (Å²) in [4.78, 5) is 61.4. The molecule has 2 heterocycles. The maximum absolute atomic E-state index is 15.3. The molecular formula is C47H45F3N4O10. The first kappa shape index (κ1) is 43.9. The van der Waals surface area contributed by atoms with E-state index in [1.807, 2.05) is 13.0 Å². The Morgan fingerprint density at radius 3 is 2.22 bits per heavy atom. The quantitative estimate of drug-likeness (QED) is 0.0827. The lowest BCUT2D eigenvalue weighted by atomic mass is 9.58. The van der Waals surface area contributed by atoms with Gasteiger partial charge in [-0.3, -0.25) is 19.3 Å². The summed E-state index contributed by atoms with van der Waals surface area (Å²) in [7, 11) is 0. The van der Waals surface area contributed by atoms with E-state index in [1.165, 1.54) is 4.90 Å². The SMILES string of the molecule is C=CCN(CC=C)[C@@H]1c2onc(OCc3ccccc3)c2C(=O)[C@@]2(O)C(O)=C3C(=O)c4c(c(OC(F)(F)F)cc(N5C(=O)CN(CCCC)C5=O)c4OCc4ccccc4)C[C@H]3C[C@@H]12. The molecule has 4 aromatic rings. The Morgan fingerprint density at radius 2 is 1.61 bits per heavy atom. The molecule has 8 rings (SSSR count). The first-order valence-electron chi connectivity index (χ1n) is 20.8. The number of benzene rings is 3. The van der Waals surface area contributed by atoms with Gasteiger partial charge < -0.3 is 33.8 Å². The molecule has 0 bridgehead atoms. The number of alkyl halides is 3. The minimum atomic E-state index is -5.31. The number of carbonyl (C=O) groups excluding carboxylic acids is 4. The van der Waals surface area contributed by atoms with Gasteiger partial charge in [-0.1, -0.05) is 86.2 Å². The highest BCUT2D eigenvalue weighted by Gasteiger charge is 2.64. The number of aliphatic hydroxyl groups is 2. The van der Waals surface area contributed by atoms with Gasteiger partial charge in [0.2, 0.25) is 5.78 Å². The van der Waals surface area contributed by atoms with Crippen molar-refractivity contribution in [2.45, 2.75) is 63.8 Å². The van der Waals surface area contributed by atoms with E-state index >= 15 is 4.79 Å². The van der Waals surface area contributed by atoms with E-state index in [1.54, 1.807) is 71.6 Å². The van der Waals surface area contributed by atoms with E-state index in [9.17, 15) is 37.8 Å². The number of anilines is 1. The molecule has 2 N–H and O–H groups in total. The number of rotatable bonds is 16. The van der Waals surface area contributed by atoms with E-state index in [0.717, 1.165) is 11.6 Å². The van der Waals surface area contributed by atoms with Gasteiger partial charge in [-0.15, -0.1) is 26.3 Å². The molecule has 0 spiro atoms. The molecule has 0 saturated carbocycles. The maximum Gasteiger partial charge on any atom is 0.573 e. The smallest absolute Gasteiger partial charge is 0.508 e. The number of unbranched alkanes of at least 4 members (excludes halogenated alkanes) is 1. The van der Waals surface area contributed by atoms with Crippen molar-refractivity contribution in [3.05, 3.63) is 137 Å². The second-order valence-electron chi connectivity index (χ2n) is 16.1. The summed E-state index contributed by atoms with van der Waals surface area (Å²) in [6, 6.07) is 16.5. The molecule has 64 heavy (non-hydrogen) atoms. The number of aliphatic hydroxyl groups excluding tert-OH is 1. The number of aromatic nitrogens is 1. The molecular weight excluding hydrogens is 838 g/mol. The predicted octanol–water partition coefficient (Wildman–Crippen LogP) is 7.83. The second-order valence-corrected chi connectivity index (χ2v) is 16.1. The van der Waals surface area contributed by atoms with Crippen LogP contribution < -0.4 is 19.1 Å². The molecule has 4 aliphatic rings. The van der Waals surface area contributed by atoms with Crippen molar-refractivity contribution < 1.29 is 61.3 Å². The molecule has 1 fully saturated rings. The Labute approximate surface area is 365 Å². The lowest BCUT2D eigenvalue weighted by Gasteiger charge is -2.50. The number of urea groups is 1. The van der Waals surface area contributed by atoms with Gasteiger partial charge >= 0.3 is 12.4 Å². The van der Waals surface area contributed by atoms with Crippen molar-refractivity contribution >= 4 is 29.2 Å². The number of hydrogen-bond donors (Lipinski definition) is 2. The molecule has 14 nitrogen and oxygen atoms in total. The number of nitrogens with zero attached hydrogens (tertiary/aromatic N) is 4. The third-order valence-corrected chi connectivity index (χ3v) is 12.1. The molecule has 1 aliphatic heterocycles. The topological polar surface area (TPSA) is 172 Å². The number of imide groups is 1. The van der Waals surface area contributed by atoms with E-state index in [-0.39, 0.29) is 68.6 Å². The molecule has 1 aromatic heterocycles. The number of hydrogen-bond acceptors (Lipinski definition) is 12. The van der Waals surface area contributed by atoms with Crippen LogP contribution in [0.5, 0.6) is 17.4 Å². The molecule has 334 valence electrons. The highest BCUT2D eigenvalue weighted by Crippen LogP contribution is 2.58. The molecule has 3 aromatic carbocycles. The van der Waals surface area contributed by atoms with Crippen molar-refractivity contribution in [3.63, 3.8) is 0 Å². The van der Waals surface area contributed by atoms with Crippen molar-refractivity contribution in [2.75, 3.05) is 31.1 Å². The van der Waals surface area contributed by atoms with Crippen LogP contribution in [0.3, 0.4) is 0 Å².